The van der Waals surface area contributed by atoms with Crippen molar-refractivity contribution in [2.75, 3.05) is 0 Å². The van der Waals surface area contributed by atoms with E-state index in [1.165, 1.54) is 6.26 Å². The molecule has 0 aliphatic heterocycles. The second-order valence-corrected chi connectivity index (χ2v) is 3.54. The molecule has 0 saturated heterocycles. The third-order valence-electron chi connectivity index (χ3n) is 2.16. The number of halogens is 3. The zero-order valence-corrected chi connectivity index (χ0v) is 9.11. The summed E-state index contributed by atoms with van der Waals surface area (Å²) in [5.41, 5.74) is 0.712. The van der Waals surface area contributed by atoms with E-state index in [9.17, 15) is 18.0 Å². The van der Waals surface area contributed by atoms with Crippen LogP contribution in [0.5, 0.6) is 0 Å². The van der Waals surface area contributed by atoms with Crippen molar-refractivity contribution in [1.29, 1.82) is 0 Å². The van der Waals surface area contributed by atoms with Crippen LogP contribution in [0.4, 0.5) is 13.2 Å². The third-order valence-corrected chi connectivity index (χ3v) is 2.16. The fraction of sp³-hybridized carbons (Fsp3) is 0.300. The Hall–Kier alpha value is -2.12. The summed E-state index contributed by atoms with van der Waals surface area (Å²) in [6.45, 7) is 1.72. The topological polar surface area (TPSA) is 69.1 Å². The molecule has 0 N–H and O–H groups in total. The Kier molecular flexibility index (Phi) is 2.93. The molecule has 0 amide bonds. The minimum absolute atomic E-state index is 0.0162. The van der Waals surface area contributed by atoms with Crippen LogP contribution in [0.25, 0.3) is 11.6 Å². The number of aryl methyl sites for hydroxylation is 1. The predicted octanol–water partition coefficient (Wildman–Crippen LogP) is 2.31. The zero-order chi connectivity index (χ0) is 13.3. The van der Waals surface area contributed by atoms with Gasteiger partial charge in [-0.2, -0.15) is 18.2 Å². The Bertz CT molecular complexity index is 571. The summed E-state index contributed by atoms with van der Waals surface area (Å²) >= 11 is 0. The molecule has 0 aliphatic carbocycles. The van der Waals surface area contributed by atoms with Gasteiger partial charge < -0.3 is 8.94 Å². The maximum Gasteiger partial charge on any atom is 0.450 e. The Morgan fingerprint density at radius 1 is 1.44 bits per heavy atom. The number of carbonyl (C=O) groups is 1. The van der Waals surface area contributed by atoms with Gasteiger partial charge >= 0.3 is 6.18 Å². The highest BCUT2D eigenvalue weighted by Crippen LogP contribution is 2.22. The van der Waals surface area contributed by atoms with Crippen LogP contribution in [0.1, 0.15) is 11.5 Å². The van der Waals surface area contributed by atoms with Crippen molar-refractivity contribution in [3.8, 4) is 11.6 Å². The van der Waals surface area contributed by atoms with E-state index in [-0.39, 0.29) is 5.82 Å². The lowest BCUT2D eigenvalue weighted by molar-refractivity contribution is -0.170. The highest BCUT2D eigenvalue weighted by molar-refractivity contribution is 5.85. The minimum Gasteiger partial charge on any atom is -0.461 e. The average Bonchev–Trinajstić information content (AvgIpc) is 2.85. The molecule has 0 atom stereocenters. The smallest absolute Gasteiger partial charge is 0.450 e. The Balaban J connectivity index is 2.17. The van der Waals surface area contributed by atoms with E-state index in [2.05, 4.69) is 14.7 Å². The number of Topliss-reactive ketones (excluding diaryl/α,β-unsaturated/α-hetero) is 1. The number of furan rings is 1. The minimum atomic E-state index is -4.91. The number of nitrogens with zero attached hydrogens (tertiary/aromatic N) is 2. The summed E-state index contributed by atoms with van der Waals surface area (Å²) in [5.74, 6) is -2.02. The monoisotopic (exact) mass is 260 g/mol. The summed E-state index contributed by atoms with van der Waals surface area (Å²) in [7, 11) is 0. The Morgan fingerprint density at radius 3 is 2.72 bits per heavy atom. The second-order valence-electron chi connectivity index (χ2n) is 3.54. The van der Waals surface area contributed by atoms with E-state index in [1.54, 1.807) is 13.0 Å². The molecular formula is C10H7F3N2O3. The van der Waals surface area contributed by atoms with Crippen LogP contribution in [-0.4, -0.2) is 22.1 Å². The molecule has 0 spiro atoms. The fourth-order valence-corrected chi connectivity index (χ4v) is 1.26. The van der Waals surface area contributed by atoms with Crippen LogP contribution in [0.2, 0.25) is 0 Å². The SMILES string of the molecule is Cc1ccoc1-c1noc(CC(=O)C(F)(F)F)n1. The predicted molar refractivity (Wildman–Crippen MR) is 51.5 cm³/mol. The number of rotatable bonds is 3. The Labute approximate surface area is 98.6 Å². The van der Waals surface area contributed by atoms with Gasteiger partial charge in [-0.15, -0.1) is 0 Å². The molecular weight excluding hydrogens is 253 g/mol. The van der Waals surface area contributed by atoms with Crippen molar-refractivity contribution in [2.24, 2.45) is 0 Å². The van der Waals surface area contributed by atoms with Crippen molar-refractivity contribution < 1.29 is 26.9 Å². The molecule has 5 nitrogen and oxygen atoms in total. The van der Waals surface area contributed by atoms with Crippen molar-refractivity contribution in [2.45, 2.75) is 19.5 Å². The zero-order valence-electron chi connectivity index (χ0n) is 9.11. The molecule has 2 heterocycles. The van der Waals surface area contributed by atoms with Crippen LogP contribution in [-0.2, 0) is 11.2 Å². The molecule has 0 saturated carbocycles. The van der Waals surface area contributed by atoms with E-state index < -0.39 is 24.3 Å². The van der Waals surface area contributed by atoms with Crippen LogP contribution in [0.15, 0.2) is 21.3 Å². The summed E-state index contributed by atoms with van der Waals surface area (Å²) in [4.78, 5) is 14.4. The van der Waals surface area contributed by atoms with E-state index >= 15 is 0 Å². The maximum atomic E-state index is 12.0. The number of hydrogen-bond acceptors (Lipinski definition) is 5. The molecule has 2 aromatic heterocycles. The van der Waals surface area contributed by atoms with Crippen molar-refractivity contribution in [1.82, 2.24) is 10.1 Å². The number of aromatic nitrogens is 2. The van der Waals surface area contributed by atoms with Crippen molar-refractivity contribution in [3.63, 3.8) is 0 Å². The molecule has 18 heavy (non-hydrogen) atoms. The first-order valence-corrected chi connectivity index (χ1v) is 4.85. The normalized spacial score (nSPS) is 11.8. The molecule has 8 heteroatoms. The standard InChI is InChI=1S/C10H7F3N2O3/c1-5-2-3-17-8(5)9-14-7(18-15-9)4-6(16)10(11,12)13/h2-3H,4H2,1H3. The van der Waals surface area contributed by atoms with Crippen LogP contribution in [0.3, 0.4) is 0 Å². The Morgan fingerprint density at radius 2 is 2.17 bits per heavy atom. The first-order chi connectivity index (χ1) is 8.38. The van der Waals surface area contributed by atoms with E-state index in [0.29, 0.717) is 11.3 Å². The molecule has 2 rings (SSSR count). The van der Waals surface area contributed by atoms with E-state index in [1.807, 2.05) is 0 Å². The number of alkyl halides is 3. The van der Waals surface area contributed by atoms with Crippen molar-refractivity contribution >= 4 is 5.78 Å². The van der Waals surface area contributed by atoms with Gasteiger partial charge in [-0.3, -0.25) is 4.79 Å². The number of hydrogen-bond donors (Lipinski definition) is 0. The molecule has 0 unspecified atom stereocenters. The van der Waals surface area contributed by atoms with Crippen LogP contribution < -0.4 is 0 Å². The highest BCUT2D eigenvalue weighted by atomic mass is 19.4. The number of ketones is 1. The van der Waals surface area contributed by atoms with Gasteiger partial charge in [-0.25, -0.2) is 0 Å². The van der Waals surface area contributed by atoms with Crippen molar-refractivity contribution in [3.05, 3.63) is 23.8 Å². The quantitative estimate of drug-likeness (QED) is 0.846. The van der Waals surface area contributed by atoms with Crippen LogP contribution in [0, 0.1) is 6.92 Å². The molecule has 0 aromatic carbocycles. The molecule has 96 valence electrons. The van der Waals surface area contributed by atoms with E-state index in [0.717, 1.165) is 0 Å². The fourth-order valence-electron chi connectivity index (χ4n) is 1.26. The number of carbonyl (C=O) groups excluding carboxylic acids is 1. The summed E-state index contributed by atoms with van der Waals surface area (Å²) < 4.78 is 45.7. The summed E-state index contributed by atoms with van der Waals surface area (Å²) in [6.07, 6.45) is -4.49. The van der Waals surface area contributed by atoms with Gasteiger partial charge in [0.15, 0.2) is 5.76 Å². The first-order valence-electron chi connectivity index (χ1n) is 4.85. The lowest BCUT2D eigenvalue weighted by Crippen LogP contribution is -2.24. The first kappa shape index (κ1) is 12.3. The molecule has 2 aromatic rings. The van der Waals surface area contributed by atoms with Gasteiger partial charge in [0.2, 0.25) is 17.5 Å². The lowest BCUT2D eigenvalue weighted by Gasteiger charge is -2.00. The van der Waals surface area contributed by atoms with E-state index in [4.69, 9.17) is 4.42 Å². The second kappa shape index (κ2) is 4.28. The van der Waals surface area contributed by atoms with Gasteiger partial charge in [0.05, 0.1) is 12.7 Å². The maximum absolute atomic E-state index is 12.0. The summed E-state index contributed by atoms with van der Waals surface area (Å²) in [6, 6.07) is 1.65. The van der Waals surface area contributed by atoms with Gasteiger partial charge in [-0.1, -0.05) is 5.16 Å². The van der Waals surface area contributed by atoms with Crippen LogP contribution >= 0.6 is 0 Å². The summed E-state index contributed by atoms with van der Waals surface area (Å²) in [5, 5.41) is 3.46. The van der Waals surface area contributed by atoms with Gasteiger partial charge in [0.1, 0.15) is 0 Å². The highest BCUT2D eigenvalue weighted by Gasteiger charge is 2.39. The third kappa shape index (κ3) is 2.41. The lowest BCUT2D eigenvalue weighted by atomic mass is 10.2. The largest absolute Gasteiger partial charge is 0.461 e. The van der Waals surface area contributed by atoms with Gasteiger partial charge in [0.25, 0.3) is 0 Å². The van der Waals surface area contributed by atoms with Gasteiger partial charge in [0, 0.05) is 0 Å². The average molecular weight is 260 g/mol. The molecule has 0 fully saturated rings. The molecule has 0 bridgehead atoms. The molecule has 0 aliphatic rings. The van der Waals surface area contributed by atoms with Gasteiger partial charge in [-0.05, 0) is 18.6 Å². The molecule has 0 radical (unpaired) electrons.